The fraction of sp³-hybridized carbons (Fsp3) is 0.500. The van der Waals surface area contributed by atoms with Crippen LogP contribution in [0, 0.1) is 0 Å². The van der Waals surface area contributed by atoms with Crippen LogP contribution in [0.1, 0.15) is 19.4 Å². The standard InChI is InChI=1S/C16H20Cl2N2O3/c1-3-20-13(7-11-5-6-12(17)8-14(11)18)9-19(16(20)22)10-15(21)23-4-2/h5-6,8,13H,3-4,7,9-10H2,1-2H3. The molecule has 0 radical (unpaired) electrons. The van der Waals surface area contributed by atoms with Crippen LogP contribution in [0.4, 0.5) is 4.79 Å². The number of amides is 2. The van der Waals surface area contributed by atoms with Crippen LogP contribution in [0.3, 0.4) is 0 Å². The molecule has 126 valence electrons. The van der Waals surface area contributed by atoms with Crippen molar-refractivity contribution in [2.24, 2.45) is 0 Å². The van der Waals surface area contributed by atoms with E-state index >= 15 is 0 Å². The molecule has 1 fully saturated rings. The number of esters is 1. The van der Waals surface area contributed by atoms with Crippen molar-refractivity contribution < 1.29 is 14.3 Å². The van der Waals surface area contributed by atoms with Gasteiger partial charge in [0.15, 0.2) is 0 Å². The topological polar surface area (TPSA) is 49.9 Å². The van der Waals surface area contributed by atoms with Crippen molar-refractivity contribution in [2.75, 3.05) is 26.2 Å². The second-order valence-corrected chi connectivity index (χ2v) is 6.19. The number of nitrogens with zero attached hydrogens (tertiary/aromatic N) is 2. The zero-order chi connectivity index (χ0) is 17.0. The zero-order valence-electron chi connectivity index (χ0n) is 13.2. The van der Waals surface area contributed by atoms with Gasteiger partial charge in [0, 0.05) is 23.1 Å². The Morgan fingerprint density at radius 3 is 2.70 bits per heavy atom. The van der Waals surface area contributed by atoms with Crippen molar-refractivity contribution in [3.05, 3.63) is 33.8 Å². The average Bonchev–Trinajstić information content (AvgIpc) is 2.77. The highest BCUT2D eigenvalue weighted by molar-refractivity contribution is 6.35. The van der Waals surface area contributed by atoms with Crippen LogP contribution >= 0.6 is 23.2 Å². The largest absolute Gasteiger partial charge is 0.465 e. The summed E-state index contributed by atoms with van der Waals surface area (Å²) in [5.41, 5.74) is 0.935. The van der Waals surface area contributed by atoms with E-state index in [4.69, 9.17) is 27.9 Å². The Balaban J connectivity index is 2.09. The molecule has 23 heavy (non-hydrogen) atoms. The number of hydrogen-bond acceptors (Lipinski definition) is 3. The number of halogens is 2. The van der Waals surface area contributed by atoms with Gasteiger partial charge in [-0.3, -0.25) is 4.79 Å². The third kappa shape index (κ3) is 4.30. The summed E-state index contributed by atoms with van der Waals surface area (Å²) in [6, 6.07) is 5.18. The van der Waals surface area contributed by atoms with Gasteiger partial charge in [0.05, 0.1) is 12.6 Å². The number of likely N-dealkylation sites (N-methyl/N-ethyl adjacent to an activating group) is 1. The van der Waals surface area contributed by atoms with Crippen molar-refractivity contribution >= 4 is 35.2 Å². The molecule has 1 aliphatic heterocycles. The maximum absolute atomic E-state index is 12.4. The number of ether oxygens (including phenoxy) is 1. The molecule has 1 atom stereocenters. The highest BCUT2D eigenvalue weighted by atomic mass is 35.5. The van der Waals surface area contributed by atoms with E-state index in [0.717, 1.165) is 5.56 Å². The van der Waals surface area contributed by atoms with Gasteiger partial charge in [-0.25, -0.2) is 4.79 Å². The van der Waals surface area contributed by atoms with Crippen molar-refractivity contribution in [2.45, 2.75) is 26.3 Å². The Labute approximate surface area is 146 Å². The van der Waals surface area contributed by atoms with Crippen LogP contribution in [-0.2, 0) is 16.0 Å². The zero-order valence-corrected chi connectivity index (χ0v) is 14.7. The minimum Gasteiger partial charge on any atom is -0.465 e. The lowest BCUT2D eigenvalue weighted by atomic mass is 10.1. The van der Waals surface area contributed by atoms with E-state index in [1.54, 1.807) is 24.0 Å². The van der Waals surface area contributed by atoms with Crippen molar-refractivity contribution in [3.8, 4) is 0 Å². The van der Waals surface area contributed by atoms with Gasteiger partial charge in [-0.05, 0) is 38.0 Å². The number of benzene rings is 1. The quantitative estimate of drug-likeness (QED) is 0.733. The van der Waals surface area contributed by atoms with E-state index in [1.165, 1.54) is 4.90 Å². The van der Waals surface area contributed by atoms with Crippen LogP contribution in [0.15, 0.2) is 18.2 Å². The lowest BCUT2D eigenvalue weighted by Crippen LogP contribution is -2.37. The molecule has 2 rings (SSSR count). The summed E-state index contributed by atoms with van der Waals surface area (Å²) in [7, 11) is 0. The summed E-state index contributed by atoms with van der Waals surface area (Å²) in [5.74, 6) is -0.387. The molecule has 1 aliphatic rings. The summed E-state index contributed by atoms with van der Waals surface area (Å²) in [6.07, 6.45) is 0.620. The summed E-state index contributed by atoms with van der Waals surface area (Å²) < 4.78 is 4.92. The molecule has 0 aromatic heterocycles. The number of carbonyl (C=O) groups is 2. The molecule has 0 bridgehead atoms. The minimum absolute atomic E-state index is 0.0198. The minimum atomic E-state index is -0.387. The van der Waals surface area contributed by atoms with E-state index in [1.807, 2.05) is 13.0 Å². The number of hydrogen-bond donors (Lipinski definition) is 0. The van der Waals surface area contributed by atoms with E-state index in [9.17, 15) is 9.59 Å². The van der Waals surface area contributed by atoms with E-state index in [0.29, 0.717) is 36.2 Å². The number of rotatable bonds is 6. The lowest BCUT2D eigenvalue weighted by Gasteiger charge is -2.21. The fourth-order valence-corrected chi connectivity index (χ4v) is 3.26. The smallest absolute Gasteiger partial charge is 0.325 e. The first-order valence-corrected chi connectivity index (χ1v) is 8.36. The van der Waals surface area contributed by atoms with Gasteiger partial charge in [-0.15, -0.1) is 0 Å². The second kappa shape index (κ2) is 7.88. The predicted molar refractivity (Wildman–Crippen MR) is 89.9 cm³/mol. The van der Waals surface area contributed by atoms with E-state index in [2.05, 4.69) is 0 Å². The van der Waals surface area contributed by atoms with Gasteiger partial charge in [0.2, 0.25) is 0 Å². The number of urea groups is 1. The highest BCUT2D eigenvalue weighted by Crippen LogP contribution is 2.26. The molecule has 1 heterocycles. The lowest BCUT2D eigenvalue weighted by molar-refractivity contribution is -0.143. The third-order valence-electron chi connectivity index (χ3n) is 3.82. The molecule has 7 heteroatoms. The van der Waals surface area contributed by atoms with Gasteiger partial charge < -0.3 is 14.5 Å². The molecule has 0 spiro atoms. The number of carbonyl (C=O) groups excluding carboxylic acids is 2. The molecule has 0 N–H and O–H groups in total. The molecule has 1 aromatic carbocycles. The Morgan fingerprint density at radius 2 is 2.09 bits per heavy atom. The highest BCUT2D eigenvalue weighted by Gasteiger charge is 2.37. The first-order valence-electron chi connectivity index (χ1n) is 7.61. The summed E-state index contributed by atoms with van der Waals surface area (Å²) in [6.45, 7) is 5.00. The molecular formula is C16H20Cl2N2O3. The van der Waals surface area contributed by atoms with Crippen molar-refractivity contribution in [1.29, 1.82) is 0 Å². The Morgan fingerprint density at radius 1 is 1.35 bits per heavy atom. The molecule has 1 aromatic rings. The van der Waals surface area contributed by atoms with Crippen molar-refractivity contribution in [1.82, 2.24) is 9.80 Å². The molecule has 2 amide bonds. The Hall–Kier alpha value is -1.46. The van der Waals surface area contributed by atoms with Gasteiger partial charge in [-0.2, -0.15) is 0 Å². The molecule has 0 saturated carbocycles. The SMILES string of the molecule is CCOC(=O)CN1CC(Cc2ccc(Cl)cc2Cl)N(CC)C1=O. The average molecular weight is 359 g/mol. The van der Waals surface area contributed by atoms with Crippen LogP contribution in [0.25, 0.3) is 0 Å². The summed E-state index contributed by atoms with van der Waals surface area (Å²) >= 11 is 12.1. The van der Waals surface area contributed by atoms with Crippen LogP contribution < -0.4 is 0 Å². The van der Waals surface area contributed by atoms with E-state index < -0.39 is 0 Å². The van der Waals surface area contributed by atoms with Gasteiger partial charge in [-0.1, -0.05) is 29.3 Å². The fourth-order valence-electron chi connectivity index (χ4n) is 2.77. The molecule has 0 aliphatic carbocycles. The third-order valence-corrected chi connectivity index (χ3v) is 4.41. The molecule has 1 saturated heterocycles. The first kappa shape index (κ1) is 17.9. The predicted octanol–water partition coefficient (Wildman–Crippen LogP) is 3.23. The second-order valence-electron chi connectivity index (χ2n) is 5.35. The van der Waals surface area contributed by atoms with Gasteiger partial charge >= 0.3 is 12.0 Å². The summed E-state index contributed by atoms with van der Waals surface area (Å²) in [5, 5.41) is 1.17. The van der Waals surface area contributed by atoms with Crippen LogP contribution in [0.5, 0.6) is 0 Å². The van der Waals surface area contributed by atoms with Gasteiger partial charge in [0.1, 0.15) is 6.54 Å². The Bertz CT molecular complexity index is 595. The normalized spacial score (nSPS) is 17.7. The van der Waals surface area contributed by atoms with Crippen LogP contribution in [0.2, 0.25) is 10.0 Å². The molecule has 1 unspecified atom stereocenters. The molecule has 5 nitrogen and oxygen atoms in total. The Kier molecular flexibility index (Phi) is 6.13. The summed E-state index contributed by atoms with van der Waals surface area (Å²) in [4.78, 5) is 27.3. The monoisotopic (exact) mass is 358 g/mol. The maximum atomic E-state index is 12.4. The molecular weight excluding hydrogens is 339 g/mol. The van der Waals surface area contributed by atoms with Crippen LogP contribution in [-0.4, -0.2) is 54.1 Å². The van der Waals surface area contributed by atoms with E-state index in [-0.39, 0.29) is 24.6 Å². The van der Waals surface area contributed by atoms with Crippen molar-refractivity contribution in [3.63, 3.8) is 0 Å². The maximum Gasteiger partial charge on any atom is 0.325 e. The first-order chi connectivity index (χ1) is 11.0. The van der Waals surface area contributed by atoms with Gasteiger partial charge in [0.25, 0.3) is 0 Å².